The first-order valence-corrected chi connectivity index (χ1v) is 7.11. The van der Waals surface area contributed by atoms with Crippen molar-refractivity contribution < 1.29 is 14.3 Å². The zero-order valence-electron chi connectivity index (χ0n) is 12.2. The predicted molar refractivity (Wildman–Crippen MR) is 80.4 cm³/mol. The van der Waals surface area contributed by atoms with E-state index >= 15 is 0 Å². The first-order valence-electron chi connectivity index (χ1n) is 7.11. The molecule has 3 amide bonds. The third-order valence-electron chi connectivity index (χ3n) is 3.40. The van der Waals surface area contributed by atoms with Crippen molar-refractivity contribution in [2.45, 2.75) is 12.8 Å². The third-order valence-corrected chi connectivity index (χ3v) is 3.40. The minimum absolute atomic E-state index is 0.00441. The van der Waals surface area contributed by atoms with Crippen LogP contribution in [0.1, 0.15) is 12.0 Å². The molecule has 0 saturated carbocycles. The maximum Gasteiger partial charge on any atom is 0.315 e. The lowest BCUT2D eigenvalue weighted by atomic mass is 10.2. The first-order chi connectivity index (χ1) is 10.2. The fourth-order valence-corrected chi connectivity index (χ4v) is 2.33. The molecule has 1 aliphatic rings. The zero-order valence-corrected chi connectivity index (χ0v) is 12.2. The van der Waals surface area contributed by atoms with Crippen molar-refractivity contribution in [2.75, 3.05) is 38.3 Å². The highest BCUT2D eigenvalue weighted by Crippen LogP contribution is 2.27. The minimum Gasteiger partial charge on any atom is -0.385 e. The van der Waals surface area contributed by atoms with E-state index < -0.39 is 0 Å². The number of ether oxygens (including phenoxy) is 1. The van der Waals surface area contributed by atoms with Crippen molar-refractivity contribution in [1.82, 2.24) is 10.6 Å². The Morgan fingerprint density at radius 3 is 2.90 bits per heavy atom. The fourth-order valence-electron chi connectivity index (χ4n) is 2.33. The number of hydrogen-bond donors (Lipinski definition) is 2. The summed E-state index contributed by atoms with van der Waals surface area (Å²) >= 11 is 0. The molecule has 21 heavy (non-hydrogen) atoms. The quantitative estimate of drug-likeness (QED) is 0.765. The number of carbonyl (C=O) groups excluding carboxylic acids is 2. The van der Waals surface area contributed by atoms with Gasteiger partial charge in [0.25, 0.3) is 0 Å². The Labute approximate surface area is 124 Å². The lowest BCUT2D eigenvalue weighted by Gasteiger charge is -2.17. The molecule has 1 aromatic carbocycles. The molecule has 2 rings (SSSR count). The van der Waals surface area contributed by atoms with Gasteiger partial charge in [0.2, 0.25) is 5.91 Å². The number of fused-ring (bicyclic) bond motifs is 1. The highest BCUT2D eigenvalue weighted by molar-refractivity contribution is 5.98. The Kier molecular flexibility index (Phi) is 5.57. The van der Waals surface area contributed by atoms with Crippen LogP contribution < -0.4 is 15.5 Å². The number of benzene rings is 1. The molecule has 114 valence electrons. The Balaban J connectivity index is 1.74. The van der Waals surface area contributed by atoms with Gasteiger partial charge < -0.3 is 20.3 Å². The summed E-state index contributed by atoms with van der Waals surface area (Å²) in [6, 6.07) is 7.52. The Bertz CT molecular complexity index is 505. The summed E-state index contributed by atoms with van der Waals surface area (Å²) in [5, 5.41) is 5.27. The molecule has 6 nitrogen and oxygen atoms in total. The number of rotatable bonds is 6. The lowest BCUT2D eigenvalue weighted by Crippen LogP contribution is -2.43. The van der Waals surface area contributed by atoms with Gasteiger partial charge in [0.05, 0.1) is 6.54 Å². The normalized spacial score (nSPS) is 12.9. The molecule has 1 heterocycles. The van der Waals surface area contributed by atoms with Gasteiger partial charge in [-0.3, -0.25) is 4.79 Å². The number of anilines is 1. The van der Waals surface area contributed by atoms with Gasteiger partial charge in [0.1, 0.15) is 0 Å². The van der Waals surface area contributed by atoms with Crippen LogP contribution in [0, 0.1) is 0 Å². The van der Waals surface area contributed by atoms with Crippen LogP contribution in [0.4, 0.5) is 10.5 Å². The monoisotopic (exact) mass is 291 g/mol. The molecule has 0 atom stereocenters. The van der Waals surface area contributed by atoms with Crippen molar-refractivity contribution in [3.63, 3.8) is 0 Å². The molecule has 0 fully saturated rings. The van der Waals surface area contributed by atoms with E-state index in [1.165, 1.54) is 5.56 Å². The highest BCUT2D eigenvalue weighted by Gasteiger charge is 2.23. The van der Waals surface area contributed by atoms with Crippen LogP contribution in [0.3, 0.4) is 0 Å². The second kappa shape index (κ2) is 7.64. The number of para-hydroxylation sites is 1. The number of nitrogens with zero attached hydrogens (tertiary/aromatic N) is 1. The summed E-state index contributed by atoms with van der Waals surface area (Å²) in [6.45, 7) is 1.81. The second-order valence-corrected chi connectivity index (χ2v) is 4.88. The van der Waals surface area contributed by atoms with Gasteiger partial charge in [-0.1, -0.05) is 18.2 Å². The average Bonchev–Trinajstić information content (AvgIpc) is 2.93. The van der Waals surface area contributed by atoms with E-state index in [4.69, 9.17) is 4.74 Å². The average molecular weight is 291 g/mol. The van der Waals surface area contributed by atoms with E-state index in [1.807, 2.05) is 24.3 Å². The van der Waals surface area contributed by atoms with Gasteiger partial charge in [0.15, 0.2) is 0 Å². The van der Waals surface area contributed by atoms with Gasteiger partial charge in [-0.25, -0.2) is 4.79 Å². The largest absolute Gasteiger partial charge is 0.385 e. The molecule has 0 aromatic heterocycles. The smallest absolute Gasteiger partial charge is 0.315 e. The zero-order chi connectivity index (χ0) is 15.1. The molecule has 0 radical (unpaired) electrons. The van der Waals surface area contributed by atoms with Crippen molar-refractivity contribution >= 4 is 17.6 Å². The SMILES string of the molecule is COCCCNC(=O)NCC(=O)N1CCc2ccccc21. The fraction of sp³-hybridized carbons (Fsp3) is 0.467. The number of carbonyl (C=O) groups is 2. The topological polar surface area (TPSA) is 70.7 Å². The molecular formula is C15H21N3O3. The van der Waals surface area contributed by atoms with E-state index in [0.29, 0.717) is 19.7 Å². The molecule has 2 N–H and O–H groups in total. The first kappa shape index (κ1) is 15.3. The van der Waals surface area contributed by atoms with Crippen LogP contribution in [-0.4, -0.2) is 45.3 Å². The summed E-state index contributed by atoms with van der Waals surface area (Å²) in [4.78, 5) is 25.4. The van der Waals surface area contributed by atoms with Crippen LogP contribution >= 0.6 is 0 Å². The standard InChI is InChI=1S/C15H21N3O3/c1-21-10-4-8-16-15(20)17-11-14(19)18-9-7-12-5-2-3-6-13(12)18/h2-3,5-6H,4,7-11H2,1H3,(H2,16,17,20). The molecule has 1 aromatic rings. The molecule has 0 bridgehead atoms. The molecule has 0 aliphatic carbocycles. The van der Waals surface area contributed by atoms with E-state index in [-0.39, 0.29) is 18.5 Å². The summed E-state index contributed by atoms with van der Waals surface area (Å²) in [5.41, 5.74) is 2.12. The predicted octanol–water partition coefficient (Wildman–Crippen LogP) is 0.911. The van der Waals surface area contributed by atoms with Gasteiger partial charge in [-0.05, 0) is 24.5 Å². The van der Waals surface area contributed by atoms with Crippen molar-refractivity contribution in [3.8, 4) is 0 Å². The highest BCUT2D eigenvalue weighted by atomic mass is 16.5. The van der Waals surface area contributed by atoms with Crippen molar-refractivity contribution in [2.24, 2.45) is 0 Å². The number of nitrogens with one attached hydrogen (secondary N) is 2. The Morgan fingerprint density at radius 1 is 1.29 bits per heavy atom. The molecule has 1 aliphatic heterocycles. The van der Waals surface area contributed by atoms with Crippen molar-refractivity contribution in [1.29, 1.82) is 0 Å². The van der Waals surface area contributed by atoms with E-state index in [9.17, 15) is 9.59 Å². The van der Waals surface area contributed by atoms with Gasteiger partial charge >= 0.3 is 6.03 Å². The second-order valence-electron chi connectivity index (χ2n) is 4.88. The third kappa shape index (κ3) is 4.19. The van der Waals surface area contributed by atoms with Gasteiger partial charge in [-0.15, -0.1) is 0 Å². The van der Waals surface area contributed by atoms with Crippen LogP contribution in [0.25, 0.3) is 0 Å². The Hall–Kier alpha value is -2.08. The maximum absolute atomic E-state index is 12.2. The summed E-state index contributed by atoms with van der Waals surface area (Å²) in [6.07, 6.45) is 1.61. The van der Waals surface area contributed by atoms with Gasteiger partial charge in [0, 0.05) is 32.5 Å². The number of amides is 3. The number of methoxy groups -OCH3 is 1. The molecular weight excluding hydrogens is 270 g/mol. The van der Waals surface area contributed by atoms with Crippen LogP contribution in [0.5, 0.6) is 0 Å². The Morgan fingerprint density at radius 2 is 2.10 bits per heavy atom. The van der Waals surface area contributed by atoms with Crippen LogP contribution in [0.2, 0.25) is 0 Å². The molecule has 0 unspecified atom stereocenters. The van der Waals surface area contributed by atoms with E-state index in [1.54, 1.807) is 12.0 Å². The minimum atomic E-state index is -0.327. The summed E-state index contributed by atoms with van der Waals surface area (Å²) < 4.78 is 4.89. The lowest BCUT2D eigenvalue weighted by molar-refractivity contribution is -0.117. The van der Waals surface area contributed by atoms with Gasteiger partial charge in [-0.2, -0.15) is 0 Å². The summed E-state index contributed by atoms with van der Waals surface area (Å²) in [7, 11) is 1.62. The van der Waals surface area contributed by atoms with E-state index in [0.717, 1.165) is 18.5 Å². The summed E-state index contributed by atoms with van der Waals surface area (Å²) in [5.74, 6) is -0.0907. The van der Waals surface area contributed by atoms with Crippen LogP contribution in [-0.2, 0) is 16.0 Å². The maximum atomic E-state index is 12.2. The molecule has 0 saturated heterocycles. The number of urea groups is 1. The van der Waals surface area contributed by atoms with Crippen LogP contribution in [0.15, 0.2) is 24.3 Å². The molecule has 0 spiro atoms. The van der Waals surface area contributed by atoms with Crippen molar-refractivity contribution in [3.05, 3.63) is 29.8 Å². The van der Waals surface area contributed by atoms with E-state index in [2.05, 4.69) is 10.6 Å². The number of hydrogen-bond acceptors (Lipinski definition) is 3. The molecule has 6 heteroatoms.